The quantitative estimate of drug-likeness (QED) is 0.642. The van der Waals surface area contributed by atoms with Crippen molar-refractivity contribution < 1.29 is 14.3 Å². The summed E-state index contributed by atoms with van der Waals surface area (Å²) in [7, 11) is 0. The Hall–Kier alpha value is -1.32. The van der Waals surface area contributed by atoms with Crippen molar-refractivity contribution in [3.63, 3.8) is 0 Å². The van der Waals surface area contributed by atoms with E-state index in [0.29, 0.717) is 0 Å². The Morgan fingerprint density at radius 1 is 1.18 bits per heavy atom. The second kappa shape index (κ2) is 6.43. The van der Waals surface area contributed by atoms with Gasteiger partial charge in [-0.3, -0.25) is 4.79 Å². The molecule has 4 heteroatoms. The lowest BCUT2D eigenvalue weighted by Gasteiger charge is -2.38. The number of nitrogens with one attached hydrogen (secondary N) is 1. The predicted molar refractivity (Wildman–Crippen MR) is 86.2 cm³/mol. The third kappa shape index (κ3) is 3.36. The molecule has 0 heterocycles. The Morgan fingerprint density at radius 3 is 2.41 bits per heavy atom. The van der Waals surface area contributed by atoms with Crippen molar-refractivity contribution in [2.24, 2.45) is 10.8 Å². The number of carbonyl (C=O) groups excluding carboxylic acids is 2. The fourth-order valence-electron chi connectivity index (χ4n) is 3.93. The highest BCUT2D eigenvalue weighted by Gasteiger charge is 2.53. The van der Waals surface area contributed by atoms with Gasteiger partial charge in [0.25, 0.3) is 0 Å². The van der Waals surface area contributed by atoms with E-state index in [-0.39, 0.29) is 34.9 Å². The number of hydrogen-bond donors (Lipinski definition) is 1. The molecule has 124 valence electrons. The van der Waals surface area contributed by atoms with E-state index < -0.39 is 0 Å². The van der Waals surface area contributed by atoms with Gasteiger partial charge in [-0.1, -0.05) is 33.3 Å². The van der Waals surface area contributed by atoms with E-state index in [9.17, 15) is 9.59 Å². The summed E-state index contributed by atoms with van der Waals surface area (Å²) in [6.45, 7) is 7.61. The van der Waals surface area contributed by atoms with E-state index in [1.807, 2.05) is 27.7 Å². The van der Waals surface area contributed by atoms with Gasteiger partial charge in [-0.05, 0) is 39.0 Å². The second-order valence-corrected chi connectivity index (χ2v) is 7.72. The van der Waals surface area contributed by atoms with Crippen LogP contribution < -0.4 is 5.32 Å². The topological polar surface area (TPSA) is 55.4 Å². The minimum Gasteiger partial charge on any atom is -0.459 e. The van der Waals surface area contributed by atoms with Gasteiger partial charge in [0.1, 0.15) is 6.10 Å². The predicted octanol–water partition coefficient (Wildman–Crippen LogP) is 3.36. The van der Waals surface area contributed by atoms with E-state index in [2.05, 4.69) is 5.32 Å². The van der Waals surface area contributed by atoms with Crippen molar-refractivity contribution in [3.05, 3.63) is 12.2 Å². The van der Waals surface area contributed by atoms with Gasteiger partial charge in [0.2, 0.25) is 5.91 Å². The van der Waals surface area contributed by atoms with Gasteiger partial charge >= 0.3 is 5.97 Å². The molecular weight excluding hydrogens is 278 g/mol. The third-order valence-electron chi connectivity index (χ3n) is 5.13. The zero-order valence-electron chi connectivity index (χ0n) is 14.3. The van der Waals surface area contributed by atoms with Gasteiger partial charge < -0.3 is 10.1 Å². The lowest BCUT2D eigenvalue weighted by atomic mass is 9.78. The number of esters is 1. The molecule has 2 rings (SSSR count). The molecule has 1 N–H and O–H groups in total. The van der Waals surface area contributed by atoms with Crippen LogP contribution in [0.15, 0.2) is 12.2 Å². The molecule has 3 atom stereocenters. The van der Waals surface area contributed by atoms with E-state index in [1.165, 1.54) is 6.08 Å². The summed E-state index contributed by atoms with van der Waals surface area (Å²) in [4.78, 5) is 24.2. The first-order chi connectivity index (χ1) is 10.3. The largest absolute Gasteiger partial charge is 0.459 e. The van der Waals surface area contributed by atoms with E-state index in [1.54, 1.807) is 6.08 Å². The fraction of sp³-hybridized carbons (Fsp3) is 0.778. The molecule has 4 nitrogen and oxygen atoms in total. The van der Waals surface area contributed by atoms with Crippen LogP contribution in [0, 0.1) is 10.8 Å². The smallest absolute Gasteiger partial charge is 0.330 e. The maximum absolute atomic E-state index is 12.4. The zero-order valence-corrected chi connectivity index (χ0v) is 14.3. The molecule has 0 aromatic rings. The molecule has 0 aromatic carbocycles. The molecule has 0 unspecified atom stereocenters. The fourth-order valence-corrected chi connectivity index (χ4v) is 3.93. The number of allylic oxidation sites excluding steroid dienone is 1. The maximum Gasteiger partial charge on any atom is 0.330 e. The molecule has 2 aliphatic rings. The maximum atomic E-state index is 12.4. The van der Waals surface area contributed by atoms with Crippen LogP contribution in [0.25, 0.3) is 0 Å². The highest BCUT2D eigenvalue weighted by molar-refractivity contribution is 5.82. The minimum absolute atomic E-state index is 0.0574. The Labute approximate surface area is 133 Å². The molecule has 0 bridgehead atoms. The number of amides is 1. The normalized spacial score (nSPS) is 31.8. The van der Waals surface area contributed by atoms with E-state index in [4.69, 9.17) is 4.74 Å². The highest BCUT2D eigenvalue weighted by atomic mass is 16.5. The van der Waals surface area contributed by atoms with Crippen LogP contribution in [-0.2, 0) is 14.3 Å². The van der Waals surface area contributed by atoms with Crippen LogP contribution in [0.3, 0.4) is 0 Å². The van der Waals surface area contributed by atoms with Crippen LogP contribution in [0.1, 0.15) is 66.2 Å². The molecule has 1 spiro atoms. The molecule has 1 amide bonds. The van der Waals surface area contributed by atoms with Crippen LogP contribution in [0.5, 0.6) is 0 Å². The second-order valence-electron chi connectivity index (χ2n) is 7.72. The molecular formula is C18H29NO3. The van der Waals surface area contributed by atoms with Crippen molar-refractivity contribution in [3.8, 4) is 0 Å². The summed E-state index contributed by atoms with van der Waals surface area (Å²) in [5.74, 6) is -0.175. The van der Waals surface area contributed by atoms with Crippen LogP contribution >= 0.6 is 0 Å². The average Bonchev–Trinajstić information content (AvgIpc) is 2.98. The third-order valence-corrected chi connectivity index (χ3v) is 5.13. The van der Waals surface area contributed by atoms with Gasteiger partial charge in [-0.25, -0.2) is 4.79 Å². The Bertz CT molecular complexity index is 459. The molecule has 2 fully saturated rings. The molecule has 22 heavy (non-hydrogen) atoms. The first-order valence-electron chi connectivity index (χ1n) is 8.44. The molecule has 0 aromatic heterocycles. The minimum atomic E-state index is -0.389. The summed E-state index contributed by atoms with van der Waals surface area (Å²) in [6, 6.07) is 0.130. The summed E-state index contributed by atoms with van der Waals surface area (Å²) in [5.41, 5.74) is -0.447. The first-order valence-corrected chi connectivity index (χ1v) is 8.44. The van der Waals surface area contributed by atoms with Gasteiger partial charge in [-0.2, -0.15) is 0 Å². The standard InChI is InChI=1S/C18H29NO3/c1-5-8-15(20)22-14-10-7-12-18(14)11-6-9-13(18)19-16(21)17(2,3)4/h5,8,13-14H,6-7,9-12H2,1-4H3,(H,19,21)/b8-5+/t13-,14-,18-/m1/s1. The highest BCUT2D eigenvalue weighted by Crippen LogP contribution is 2.52. The summed E-state index contributed by atoms with van der Waals surface area (Å²) >= 11 is 0. The van der Waals surface area contributed by atoms with Crippen molar-refractivity contribution in [1.82, 2.24) is 5.32 Å². The molecule has 2 aliphatic carbocycles. The number of rotatable bonds is 3. The number of carbonyl (C=O) groups is 2. The summed E-state index contributed by atoms with van der Waals surface area (Å²) < 4.78 is 5.71. The van der Waals surface area contributed by atoms with Crippen molar-refractivity contribution in [2.75, 3.05) is 0 Å². The van der Waals surface area contributed by atoms with Crippen molar-refractivity contribution in [1.29, 1.82) is 0 Å². The monoisotopic (exact) mass is 307 g/mol. The van der Waals surface area contributed by atoms with Gasteiger partial charge in [-0.15, -0.1) is 0 Å². The van der Waals surface area contributed by atoms with Gasteiger partial charge in [0.15, 0.2) is 0 Å². The van der Waals surface area contributed by atoms with Crippen molar-refractivity contribution >= 4 is 11.9 Å². The number of ether oxygens (including phenoxy) is 1. The Morgan fingerprint density at radius 2 is 1.82 bits per heavy atom. The molecule has 0 saturated heterocycles. The Kier molecular flexibility index (Phi) is 4.98. The zero-order chi connectivity index (χ0) is 16.4. The summed E-state index contributed by atoms with van der Waals surface area (Å²) in [5, 5.41) is 3.24. The van der Waals surface area contributed by atoms with E-state index in [0.717, 1.165) is 38.5 Å². The van der Waals surface area contributed by atoms with Crippen LogP contribution in [0.2, 0.25) is 0 Å². The first kappa shape index (κ1) is 17.0. The molecule has 0 radical (unpaired) electrons. The van der Waals surface area contributed by atoms with E-state index >= 15 is 0 Å². The number of hydrogen-bond acceptors (Lipinski definition) is 3. The Balaban J connectivity index is 2.12. The van der Waals surface area contributed by atoms with Crippen LogP contribution in [-0.4, -0.2) is 24.0 Å². The molecule has 2 saturated carbocycles. The van der Waals surface area contributed by atoms with Gasteiger partial charge in [0, 0.05) is 22.9 Å². The molecule has 0 aliphatic heterocycles. The van der Waals surface area contributed by atoms with Crippen LogP contribution in [0.4, 0.5) is 0 Å². The summed E-state index contributed by atoms with van der Waals surface area (Å²) in [6.07, 6.45) is 9.24. The van der Waals surface area contributed by atoms with Gasteiger partial charge in [0.05, 0.1) is 0 Å². The average molecular weight is 307 g/mol. The lowest BCUT2D eigenvalue weighted by molar-refractivity contribution is -0.149. The van der Waals surface area contributed by atoms with Crippen molar-refractivity contribution in [2.45, 2.75) is 78.4 Å². The lowest BCUT2D eigenvalue weighted by Crippen LogP contribution is -2.51. The SMILES string of the molecule is C/C=C/C(=O)O[C@@H]1CCC[C@@]12CCC[C@H]2NC(=O)C(C)(C)C.